The zero-order chi connectivity index (χ0) is 32.0. The van der Waals surface area contributed by atoms with Crippen molar-refractivity contribution in [3.05, 3.63) is 103 Å². The molecule has 45 heavy (non-hydrogen) atoms. The maximum atomic E-state index is 14.8. The molecule has 4 aromatic rings. The first-order valence-corrected chi connectivity index (χ1v) is 14.8. The van der Waals surface area contributed by atoms with E-state index < -0.39 is 41.1 Å². The molecule has 2 amide bonds. The van der Waals surface area contributed by atoms with E-state index in [9.17, 15) is 31.9 Å². The van der Waals surface area contributed by atoms with Gasteiger partial charge >= 0.3 is 12.1 Å². The first kappa shape index (κ1) is 30.7. The van der Waals surface area contributed by atoms with E-state index in [1.165, 1.54) is 15.5 Å². The molecule has 1 N–H and O–H groups in total. The number of carbonyl (C=O) groups is 2. The predicted molar refractivity (Wildman–Crippen MR) is 159 cm³/mol. The highest BCUT2D eigenvalue weighted by atomic mass is 79.9. The fraction of sp³-hybridized carbons (Fsp3) is 0.233. The first-order valence-electron chi connectivity index (χ1n) is 13.6. The highest BCUT2D eigenvalue weighted by Crippen LogP contribution is 2.30. The van der Waals surface area contributed by atoms with Crippen molar-refractivity contribution in [2.45, 2.75) is 38.4 Å². The average molecular weight is 710 g/mol. The SMILES string of the molecule is O=C(Nc1ccc(OC(F)(F)F)cc1F)c1c2n(c(=O)n1-c1ccc(OC3CC3)cc1)CCN(C(=O)c1ccc(Br)c(Cl)c1)C2. The summed E-state index contributed by atoms with van der Waals surface area (Å²) in [7, 11) is 0. The summed E-state index contributed by atoms with van der Waals surface area (Å²) in [6, 6.07) is 13.4. The molecule has 2 heterocycles. The predicted octanol–water partition coefficient (Wildman–Crippen LogP) is 6.54. The number of ether oxygens (including phenoxy) is 2. The van der Waals surface area contributed by atoms with Crippen LogP contribution < -0.4 is 20.5 Å². The van der Waals surface area contributed by atoms with Crippen molar-refractivity contribution >= 4 is 45.0 Å². The Bertz CT molecular complexity index is 1870. The Hall–Kier alpha value is -4.30. The van der Waals surface area contributed by atoms with Crippen LogP contribution in [-0.4, -0.2) is 44.9 Å². The number of anilines is 1. The topological polar surface area (TPSA) is 94.8 Å². The molecule has 1 aliphatic carbocycles. The molecule has 0 saturated heterocycles. The van der Waals surface area contributed by atoms with Gasteiger partial charge in [0.05, 0.1) is 34.7 Å². The fourth-order valence-corrected chi connectivity index (χ4v) is 5.37. The van der Waals surface area contributed by atoms with E-state index in [4.69, 9.17) is 16.3 Å². The van der Waals surface area contributed by atoms with Crippen molar-refractivity contribution in [3.63, 3.8) is 0 Å². The zero-order valence-electron chi connectivity index (χ0n) is 23.0. The van der Waals surface area contributed by atoms with Crippen molar-refractivity contribution < 1.29 is 36.6 Å². The molecule has 9 nitrogen and oxygen atoms in total. The van der Waals surface area contributed by atoms with E-state index in [-0.39, 0.29) is 37.1 Å². The normalized spacial score (nSPS) is 14.6. The molecular weight excluding hydrogens is 688 g/mol. The third kappa shape index (κ3) is 6.57. The molecule has 1 aliphatic heterocycles. The number of alkyl halides is 3. The van der Waals surface area contributed by atoms with E-state index in [1.807, 2.05) is 0 Å². The molecule has 0 atom stereocenters. The van der Waals surface area contributed by atoms with Gasteiger partial charge < -0.3 is 19.7 Å². The number of halogens is 6. The summed E-state index contributed by atoms with van der Waals surface area (Å²) in [5.74, 6) is -2.75. The lowest BCUT2D eigenvalue weighted by molar-refractivity contribution is -0.274. The minimum Gasteiger partial charge on any atom is -0.490 e. The van der Waals surface area contributed by atoms with Crippen molar-refractivity contribution in [3.8, 4) is 17.2 Å². The maximum Gasteiger partial charge on any atom is 0.573 e. The second-order valence-electron chi connectivity index (χ2n) is 10.4. The van der Waals surface area contributed by atoms with Crippen LogP contribution in [0.3, 0.4) is 0 Å². The van der Waals surface area contributed by atoms with Crippen molar-refractivity contribution in [2.75, 3.05) is 11.9 Å². The van der Waals surface area contributed by atoms with Crippen molar-refractivity contribution in [1.29, 1.82) is 0 Å². The first-order chi connectivity index (χ1) is 21.4. The number of fused-ring (bicyclic) bond motifs is 1. The Labute approximate surface area is 266 Å². The molecule has 3 aromatic carbocycles. The number of nitrogens with zero attached hydrogens (tertiary/aromatic N) is 3. The Morgan fingerprint density at radius 1 is 0.978 bits per heavy atom. The number of carbonyl (C=O) groups excluding carboxylic acids is 2. The molecule has 0 bridgehead atoms. The lowest BCUT2D eigenvalue weighted by Gasteiger charge is -2.28. The van der Waals surface area contributed by atoms with Crippen LogP contribution >= 0.6 is 27.5 Å². The van der Waals surface area contributed by atoms with Crippen LogP contribution in [0.1, 0.15) is 39.4 Å². The minimum atomic E-state index is -5.04. The van der Waals surface area contributed by atoms with Crippen LogP contribution in [0.25, 0.3) is 5.69 Å². The fourth-order valence-electron chi connectivity index (χ4n) is 4.95. The average Bonchev–Trinajstić information content (AvgIpc) is 3.76. The van der Waals surface area contributed by atoms with E-state index in [2.05, 4.69) is 26.0 Å². The van der Waals surface area contributed by atoms with Gasteiger partial charge in [-0.05, 0) is 83.4 Å². The molecule has 1 saturated carbocycles. The number of rotatable bonds is 7. The molecule has 2 aliphatic rings. The van der Waals surface area contributed by atoms with Gasteiger partial charge in [0.2, 0.25) is 0 Å². The highest BCUT2D eigenvalue weighted by Gasteiger charge is 2.34. The van der Waals surface area contributed by atoms with Crippen molar-refractivity contribution in [2.24, 2.45) is 0 Å². The van der Waals surface area contributed by atoms with Crippen LogP contribution in [0.2, 0.25) is 5.02 Å². The number of imidazole rings is 1. The molecule has 1 aromatic heterocycles. The molecule has 234 valence electrons. The number of hydrogen-bond donors (Lipinski definition) is 1. The molecule has 6 rings (SSSR count). The quantitative estimate of drug-likeness (QED) is 0.220. The monoisotopic (exact) mass is 708 g/mol. The summed E-state index contributed by atoms with van der Waals surface area (Å²) in [4.78, 5) is 42.4. The molecular formula is C30H22BrClF4N4O5. The summed E-state index contributed by atoms with van der Waals surface area (Å²) < 4.78 is 65.3. The summed E-state index contributed by atoms with van der Waals surface area (Å²) in [6.07, 6.45) is -3.02. The van der Waals surface area contributed by atoms with Gasteiger partial charge in [0.1, 0.15) is 23.0 Å². The van der Waals surface area contributed by atoms with E-state index >= 15 is 0 Å². The Morgan fingerprint density at radius 2 is 1.69 bits per heavy atom. The number of aromatic nitrogens is 2. The molecule has 0 radical (unpaired) electrons. The van der Waals surface area contributed by atoms with E-state index in [0.717, 1.165) is 29.5 Å². The zero-order valence-corrected chi connectivity index (χ0v) is 25.4. The largest absolute Gasteiger partial charge is 0.573 e. The lowest BCUT2D eigenvalue weighted by Crippen LogP contribution is -2.41. The smallest absolute Gasteiger partial charge is 0.490 e. The Kier molecular flexibility index (Phi) is 8.12. The maximum absolute atomic E-state index is 14.8. The van der Waals surface area contributed by atoms with Gasteiger partial charge in [-0.25, -0.2) is 9.18 Å². The number of nitrogens with one attached hydrogen (secondary N) is 1. The lowest BCUT2D eigenvalue weighted by atomic mass is 10.1. The third-order valence-electron chi connectivity index (χ3n) is 7.19. The van der Waals surface area contributed by atoms with Gasteiger partial charge in [-0.3, -0.25) is 18.7 Å². The molecule has 0 spiro atoms. The summed E-state index contributed by atoms with van der Waals surface area (Å²) in [6.45, 7) is 0.0490. The van der Waals surface area contributed by atoms with Crippen LogP contribution in [0.4, 0.5) is 23.2 Å². The Balaban J connectivity index is 1.37. The van der Waals surface area contributed by atoms with Crippen LogP contribution in [0.5, 0.6) is 11.5 Å². The molecule has 15 heteroatoms. The Morgan fingerprint density at radius 3 is 2.33 bits per heavy atom. The van der Waals surface area contributed by atoms with Gasteiger partial charge in [0.15, 0.2) is 0 Å². The van der Waals surface area contributed by atoms with Gasteiger partial charge in [-0.1, -0.05) is 11.6 Å². The summed E-state index contributed by atoms with van der Waals surface area (Å²) in [5.41, 5.74) is -0.427. The minimum absolute atomic E-state index is 0.0537. The van der Waals surface area contributed by atoms with Gasteiger partial charge in [0.25, 0.3) is 11.8 Å². The number of benzene rings is 3. The number of hydrogen-bond acceptors (Lipinski definition) is 5. The second kappa shape index (κ2) is 11.9. The van der Waals surface area contributed by atoms with Crippen molar-refractivity contribution in [1.82, 2.24) is 14.0 Å². The van der Waals surface area contributed by atoms with Gasteiger partial charge in [0, 0.05) is 29.2 Å². The van der Waals surface area contributed by atoms with Gasteiger partial charge in [-0.2, -0.15) is 0 Å². The standard InChI is InChI=1S/C30H22BrClF4N4O5/c31-21-9-1-16(13-22(21)32)28(42)38-11-12-39-25(15-38)26(27(41)37-24-10-8-20(14-23(24)33)45-30(34,35)36)40(29(39)43)17-2-4-18(5-3-17)44-19-6-7-19/h1-5,8-10,13-14,19H,6-7,11-12,15H2,(H,37,41). The molecule has 1 fully saturated rings. The highest BCUT2D eigenvalue weighted by molar-refractivity contribution is 9.10. The number of amides is 2. The van der Waals surface area contributed by atoms with Crippen LogP contribution in [-0.2, 0) is 13.1 Å². The van der Waals surface area contributed by atoms with E-state index in [0.29, 0.717) is 32.6 Å². The third-order valence-corrected chi connectivity index (χ3v) is 8.42. The summed E-state index contributed by atoms with van der Waals surface area (Å²) >= 11 is 9.48. The van der Waals surface area contributed by atoms with E-state index in [1.54, 1.807) is 36.4 Å². The summed E-state index contributed by atoms with van der Waals surface area (Å²) in [5, 5.41) is 2.67. The van der Waals surface area contributed by atoms with Crippen LogP contribution in [0, 0.1) is 5.82 Å². The van der Waals surface area contributed by atoms with Crippen LogP contribution in [0.15, 0.2) is 69.9 Å². The molecule has 0 unspecified atom stereocenters. The van der Waals surface area contributed by atoms with Gasteiger partial charge in [-0.15, -0.1) is 13.2 Å². The second-order valence-corrected chi connectivity index (χ2v) is 11.6.